The first kappa shape index (κ1) is 14.2. The number of nitrogens with zero attached hydrogens (tertiary/aromatic N) is 1. The second-order valence-electron chi connectivity index (χ2n) is 4.65. The fourth-order valence-electron chi connectivity index (χ4n) is 2.23. The molecule has 0 aliphatic carbocycles. The van der Waals surface area contributed by atoms with Crippen LogP contribution in [0.15, 0.2) is 0 Å². The predicted molar refractivity (Wildman–Crippen MR) is 65.7 cm³/mol. The molecule has 1 aliphatic rings. The summed E-state index contributed by atoms with van der Waals surface area (Å²) in [6.45, 7) is 6.66. The van der Waals surface area contributed by atoms with Crippen molar-refractivity contribution < 1.29 is 14.3 Å². The second-order valence-corrected chi connectivity index (χ2v) is 4.65. The van der Waals surface area contributed by atoms with E-state index in [1.54, 1.807) is 6.92 Å². The molecule has 0 bridgehead atoms. The number of ether oxygens (including phenoxy) is 1. The van der Waals surface area contributed by atoms with Crippen molar-refractivity contribution in [3.05, 3.63) is 0 Å². The smallest absolute Gasteiger partial charge is 0.313 e. The number of ketones is 1. The van der Waals surface area contributed by atoms with Crippen LogP contribution in [0, 0.1) is 5.92 Å². The van der Waals surface area contributed by atoms with Crippen molar-refractivity contribution in [2.45, 2.75) is 39.5 Å². The van der Waals surface area contributed by atoms with Gasteiger partial charge in [-0.1, -0.05) is 13.3 Å². The van der Waals surface area contributed by atoms with Crippen molar-refractivity contribution in [1.82, 2.24) is 4.90 Å². The quantitative estimate of drug-likeness (QED) is 0.524. The largest absolute Gasteiger partial charge is 0.466 e. The minimum atomic E-state index is -0.402. The maximum Gasteiger partial charge on any atom is 0.313 e. The molecule has 98 valence electrons. The normalized spacial score (nSPS) is 18.0. The van der Waals surface area contributed by atoms with Gasteiger partial charge in [-0.05, 0) is 38.8 Å². The Morgan fingerprint density at radius 1 is 1.24 bits per heavy atom. The topological polar surface area (TPSA) is 46.6 Å². The molecule has 0 N–H and O–H groups in total. The van der Waals surface area contributed by atoms with Gasteiger partial charge in [0.2, 0.25) is 0 Å². The Kier molecular flexibility index (Phi) is 6.19. The molecule has 1 saturated heterocycles. The van der Waals surface area contributed by atoms with Crippen LogP contribution in [0.2, 0.25) is 0 Å². The fraction of sp³-hybridized carbons (Fsp3) is 0.846. The number of Topliss-reactive ketones (excluding diaryl/α,β-unsaturated/α-hetero) is 1. The van der Waals surface area contributed by atoms with Gasteiger partial charge in [0.05, 0.1) is 13.2 Å². The molecule has 0 aromatic carbocycles. The molecule has 1 aliphatic heterocycles. The molecule has 1 fully saturated rings. The Hall–Kier alpha value is -0.900. The van der Waals surface area contributed by atoms with Crippen molar-refractivity contribution in [3.63, 3.8) is 0 Å². The van der Waals surface area contributed by atoms with Crippen LogP contribution >= 0.6 is 0 Å². The summed E-state index contributed by atoms with van der Waals surface area (Å²) >= 11 is 0. The van der Waals surface area contributed by atoms with E-state index in [9.17, 15) is 9.59 Å². The number of rotatable bonds is 6. The van der Waals surface area contributed by atoms with E-state index in [0.717, 1.165) is 19.0 Å². The molecular weight excluding hydrogens is 218 g/mol. The lowest BCUT2D eigenvalue weighted by atomic mass is 9.94. The fourth-order valence-corrected chi connectivity index (χ4v) is 2.23. The zero-order valence-electron chi connectivity index (χ0n) is 10.9. The molecule has 0 aromatic heterocycles. The van der Waals surface area contributed by atoms with E-state index >= 15 is 0 Å². The lowest BCUT2D eigenvalue weighted by Gasteiger charge is -2.30. The number of esters is 1. The highest BCUT2D eigenvalue weighted by atomic mass is 16.5. The Bertz CT molecular complexity index is 257. The highest BCUT2D eigenvalue weighted by Crippen LogP contribution is 2.19. The number of likely N-dealkylation sites (tertiary alicyclic amines) is 1. The molecule has 4 nitrogen and oxygen atoms in total. The van der Waals surface area contributed by atoms with Gasteiger partial charge in [-0.15, -0.1) is 0 Å². The number of hydrogen-bond donors (Lipinski definition) is 0. The van der Waals surface area contributed by atoms with E-state index in [1.165, 1.54) is 19.3 Å². The molecule has 17 heavy (non-hydrogen) atoms. The van der Waals surface area contributed by atoms with Crippen LogP contribution in [0.5, 0.6) is 0 Å². The molecule has 0 aromatic rings. The summed E-state index contributed by atoms with van der Waals surface area (Å²) < 4.78 is 4.76. The summed E-state index contributed by atoms with van der Waals surface area (Å²) in [5.41, 5.74) is 0. The predicted octanol–water partition coefficient (Wildman–Crippen LogP) is 1.63. The number of carbonyl (C=O) groups is 2. The van der Waals surface area contributed by atoms with Crippen molar-refractivity contribution >= 4 is 11.8 Å². The number of carbonyl (C=O) groups excluding carboxylic acids is 2. The third-order valence-corrected chi connectivity index (χ3v) is 3.33. The minimum Gasteiger partial charge on any atom is -0.466 e. The zero-order valence-corrected chi connectivity index (χ0v) is 10.9. The van der Waals surface area contributed by atoms with Crippen molar-refractivity contribution in [2.75, 3.05) is 26.2 Å². The maximum atomic E-state index is 11.6. The van der Waals surface area contributed by atoms with Gasteiger partial charge in [-0.3, -0.25) is 14.5 Å². The summed E-state index contributed by atoms with van der Waals surface area (Å²) in [5, 5.41) is 0. The van der Waals surface area contributed by atoms with Gasteiger partial charge in [0.25, 0.3) is 0 Å². The molecule has 0 unspecified atom stereocenters. The second kappa shape index (κ2) is 7.43. The third kappa shape index (κ3) is 5.31. The zero-order chi connectivity index (χ0) is 12.7. The lowest BCUT2D eigenvalue weighted by Crippen LogP contribution is -2.37. The summed E-state index contributed by atoms with van der Waals surface area (Å²) in [5.74, 6) is 0.380. The van der Waals surface area contributed by atoms with Gasteiger partial charge < -0.3 is 4.74 Å². The van der Waals surface area contributed by atoms with E-state index in [1.807, 2.05) is 0 Å². The molecule has 0 radical (unpaired) electrons. The van der Waals surface area contributed by atoms with Crippen LogP contribution in [0.3, 0.4) is 0 Å². The molecular formula is C13H23NO3. The van der Waals surface area contributed by atoms with E-state index in [0.29, 0.717) is 13.2 Å². The molecule has 1 heterocycles. The van der Waals surface area contributed by atoms with Crippen LogP contribution in [-0.2, 0) is 14.3 Å². The Morgan fingerprint density at radius 2 is 1.88 bits per heavy atom. The molecule has 4 heteroatoms. The Balaban J connectivity index is 2.21. The highest BCUT2D eigenvalue weighted by Gasteiger charge is 2.20. The van der Waals surface area contributed by atoms with Gasteiger partial charge in [-0.25, -0.2) is 0 Å². The summed E-state index contributed by atoms with van der Waals surface area (Å²) in [6, 6.07) is 0. The van der Waals surface area contributed by atoms with Gasteiger partial charge in [0.15, 0.2) is 5.78 Å². The molecule has 0 spiro atoms. The highest BCUT2D eigenvalue weighted by molar-refractivity contribution is 5.96. The summed E-state index contributed by atoms with van der Waals surface area (Å²) in [7, 11) is 0. The van der Waals surface area contributed by atoms with Crippen molar-refractivity contribution in [3.8, 4) is 0 Å². The monoisotopic (exact) mass is 241 g/mol. The standard InChI is InChI=1S/C13H23NO3/c1-3-11-5-7-14(8-6-11)10-12(15)9-13(16)17-4-2/h11H,3-10H2,1-2H3. The Labute approximate surface area is 103 Å². The Morgan fingerprint density at radius 3 is 2.41 bits per heavy atom. The van der Waals surface area contributed by atoms with E-state index in [-0.39, 0.29) is 12.2 Å². The van der Waals surface area contributed by atoms with Crippen LogP contribution in [-0.4, -0.2) is 42.9 Å². The average Bonchev–Trinajstić information content (AvgIpc) is 2.30. The third-order valence-electron chi connectivity index (χ3n) is 3.33. The first-order valence-corrected chi connectivity index (χ1v) is 6.55. The SMILES string of the molecule is CCOC(=O)CC(=O)CN1CCC(CC)CC1. The first-order chi connectivity index (χ1) is 8.15. The molecule has 0 saturated carbocycles. The minimum absolute atomic E-state index is 0.0293. The van der Waals surface area contributed by atoms with Gasteiger partial charge in [0, 0.05) is 0 Å². The van der Waals surface area contributed by atoms with Gasteiger partial charge in [0.1, 0.15) is 6.42 Å². The van der Waals surface area contributed by atoms with Gasteiger partial charge in [-0.2, -0.15) is 0 Å². The number of hydrogen-bond acceptors (Lipinski definition) is 4. The van der Waals surface area contributed by atoms with Crippen LogP contribution in [0.4, 0.5) is 0 Å². The van der Waals surface area contributed by atoms with Crippen LogP contribution < -0.4 is 0 Å². The van der Waals surface area contributed by atoms with Crippen molar-refractivity contribution in [1.29, 1.82) is 0 Å². The summed E-state index contributed by atoms with van der Waals surface area (Å²) in [4.78, 5) is 24.9. The molecule has 0 amide bonds. The molecule has 0 atom stereocenters. The van der Waals surface area contributed by atoms with Crippen molar-refractivity contribution in [2.24, 2.45) is 5.92 Å². The number of piperidine rings is 1. The molecule has 1 rings (SSSR count). The lowest BCUT2D eigenvalue weighted by molar-refractivity contribution is -0.145. The van der Waals surface area contributed by atoms with E-state index < -0.39 is 5.97 Å². The summed E-state index contributed by atoms with van der Waals surface area (Å²) in [6.07, 6.45) is 3.48. The van der Waals surface area contributed by atoms with Gasteiger partial charge >= 0.3 is 5.97 Å². The van der Waals surface area contributed by atoms with E-state index in [4.69, 9.17) is 4.74 Å². The van der Waals surface area contributed by atoms with E-state index in [2.05, 4.69) is 11.8 Å². The first-order valence-electron chi connectivity index (χ1n) is 6.55. The van der Waals surface area contributed by atoms with Crippen LogP contribution in [0.1, 0.15) is 39.5 Å². The maximum absolute atomic E-state index is 11.6. The van der Waals surface area contributed by atoms with Crippen LogP contribution in [0.25, 0.3) is 0 Å². The average molecular weight is 241 g/mol.